The summed E-state index contributed by atoms with van der Waals surface area (Å²) in [6.45, 7) is 1.90. The predicted octanol–water partition coefficient (Wildman–Crippen LogP) is 3.25. The fraction of sp³-hybridized carbons (Fsp3) is 0.0625. The highest BCUT2D eigenvalue weighted by Gasteiger charge is 2.09. The number of carbonyl (C=O) groups is 1. The Labute approximate surface area is 118 Å². The lowest BCUT2D eigenvalue weighted by molar-refractivity contribution is 0.112. The SMILES string of the molecule is Cc1ccc(S(=O)(=O)/C=C/c2ccc(C=O)cc2)cc1. The third-order valence-corrected chi connectivity index (χ3v) is 4.29. The van der Waals surface area contributed by atoms with Gasteiger partial charge < -0.3 is 0 Å². The smallest absolute Gasteiger partial charge is 0.199 e. The highest BCUT2D eigenvalue weighted by Crippen LogP contribution is 2.15. The standard InChI is InChI=1S/C16H14O3S/c1-13-2-8-16(9-3-13)20(18,19)11-10-14-4-6-15(12-17)7-5-14/h2-12H,1H3/b11-10+. The van der Waals surface area contributed by atoms with Crippen molar-refractivity contribution in [2.45, 2.75) is 11.8 Å². The molecule has 0 atom stereocenters. The van der Waals surface area contributed by atoms with Crippen LogP contribution >= 0.6 is 0 Å². The van der Waals surface area contributed by atoms with Crippen LogP contribution in [0, 0.1) is 6.92 Å². The minimum absolute atomic E-state index is 0.267. The first-order chi connectivity index (χ1) is 9.51. The molecule has 0 aliphatic heterocycles. The van der Waals surface area contributed by atoms with Crippen LogP contribution in [-0.4, -0.2) is 14.7 Å². The minimum atomic E-state index is -3.44. The molecule has 0 aliphatic rings. The van der Waals surface area contributed by atoms with E-state index < -0.39 is 9.84 Å². The van der Waals surface area contributed by atoms with E-state index in [1.165, 1.54) is 11.5 Å². The van der Waals surface area contributed by atoms with E-state index in [1.54, 1.807) is 48.5 Å². The molecule has 0 aliphatic carbocycles. The number of carbonyl (C=O) groups excluding carboxylic acids is 1. The van der Waals surface area contributed by atoms with Gasteiger partial charge >= 0.3 is 0 Å². The van der Waals surface area contributed by atoms with Crippen LogP contribution in [-0.2, 0) is 9.84 Å². The monoisotopic (exact) mass is 286 g/mol. The van der Waals surface area contributed by atoms with Crippen LogP contribution in [0.2, 0.25) is 0 Å². The Morgan fingerprint density at radius 1 is 0.850 bits per heavy atom. The quantitative estimate of drug-likeness (QED) is 0.811. The first kappa shape index (κ1) is 14.2. The predicted molar refractivity (Wildman–Crippen MR) is 79.2 cm³/mol. The molecule has 4 heteroatoms. The topological polar surface area (TPSA) is 51.2 Å². The molecule has 0 unspecified atom stereocenters. The van der Waals surface area contributed by atoms with Gasteiger partial charge in [-0.3, -0.25) is 4.79 Å². The van der Waals surface area contributed by atoms with Crippen molar-refractivity contribution >= 4 is 22.2 Å². The average Bonchev–Trinajstić information content (AvgIpc) is 2.46. The van der Waals surface area contributed by atoms with Gasteiger partial charge in [0.05, 0.1) is 4.90 Å². The second-order valence-corrected chi connectivity index (χ2v) is 6.28. The maximum Gasteiger partial charge on any atom is 0.199 e. The molecule has 0 amide bonds. The summed E-state index contributed by atoms with van der Waals surface area (Å²) in [4.78, 5) is 10.8. The zero-order chi connectivity index (χ0) is 14.6. The molecule has 0 aromatic heterocycles. The molecule has 20 heavy (non-hydrogen) atoms. The van der Waals surface area contributed by atoms with E-state index in [4.69, 9.17) is 0 Å². The Morgan fingerprint density at radius 2 is 1.40 bits per heavy atom. The summed E-state index contributed by atoms with van der Waals surface area (Å²) in [6.07, 6.45) is 2.26. The van der Waals surface area contributed by atoms with E-state index in [0.29, 0.717) is 5.56 Å². The number of benzene rings is 2. The van der Waals surface area contributed by atoms with Crippen LogP contribution in [0.4, 0.5) is 0 Å². The Bertz CT molecular complexity index is 724. The number of hydrogen-bond acceptors (Lipinski definition) is 3. The molecule has 0 radical (unpaired) electrons. The summed E-state index contributed by atoms with van der Waals surface area (Å²) in [6, 6.07) is 13.4. The molecule has 0 spiro atoms. The molecule has 0 N–H and O–H groups in total. The number of aldehydes is 1. The fourth-order valence-electron chi connectivity index (χ4n) is 1.66. The van der Waals surface area contributed by atoms with E-state index in [0.717, 1.165) is 17.4 Å². The molecule has 102 valence electrons. The Hall–Kier alpha value is -2.20. The van der Waals surface area contributed by atoms with Crippen molar-refractivity contribution in [3.05, 3.63) is 70.6 Å². The van der Waals surface area contributed by atoms with Crippen LogP contribution in [0.15, 0.2) is 58.8 Å². The van der Waals surface area contributed by atoms with Crippen molar-refractivity contribution < 1.29 is 13.2 Å². The van der Waals surface area contributed by atoms with Gasteiger partial charge in [-0.05, 0) is 30.7 Å². The molecule has 2 aromatic rings. The van der Waals surface area contributed by atoms with E-state index in [-0.39, 0.29) is 4.90 Å². The van der Waals surface area contributed by atoms with Crippen molar-refractivity contribution in [2.24, 2.45) is 0 Å². The van der Waals surface area contributed by atoms with Gasteiger partial charge in [-0.25, -0.2) is 8.42 Å². The first-order valence-corrected chi connectivity index (χ1v) is 7.61. The van der Waals surface area contributed by atoms with Crippen molar-refractivity contribution in [3.63, 3.8) is 0 Å². The summed E-state index contributed by atoms with van der Waals surface area (Å²) in [5, 5.41) is 1.17. The van der Waals surface area contributed by atoms with Crippen LogP contribution in [0.25, 0.3) is 6.08 Å². The van der Waals surface area contributed by atoms with Gasteiger partial charge in [0.2, 0.25) is 0 Å². The van der Waals surface area contributed by atoms with Crippen molar-refractivity contribution in [1.82, 2.24) is 0 Å². The number of rotatable bonds is 4. The molecule has 0 saturated heterocycles. The highest BCUT2D eigenvalue weighted by atomic mass is 32.2. The normalized spacial score (nSPS) is 11.7. The third-order valence-electron chi connectivity index (χ3n) is 2.86. The lowest BCUT2D eigenvalue weighted by Crippen LogP contribution is -1.95. The van der Waals surface area contributed by atoms with Crippen molar-refractivity contribution in [2.75, 3.05) is 0 Å². The molecule has 0 fully saturated rings. The van der Waals surface area contributed by atoms with Crippen LogP contribution in [0.3, 0.4) is 0 Å². The number of hydrogen-bond donors (Lipinski definition) is 0. The minimum Gasteiger partial charge on any atom is -0.298 e. The van der Waals surface area contributed by atoms with E-state index >= 15 is 0 Å². The first-order valence-electron chi connectivity index (χ1n) is 6.06. The molecular weight excluding hydrogens is 272 g/mol. The van der Waals surface area contributed by atoms with E-state index in [1.807, 2.05) is 6.92 Å². The molecule has 0 saturated carbocycles. The van der Waals surface area contributed by atoms with E-state index in [9.17, 15) is 13.2 Å². The van der Waals surface area contributed by atoms with Gasteiger partial charge in [-0.1, -0.05) is 42.0 Å². The Kier molecular flexibility index (Phi) is 4.15. The summed E-state index contributed by atoms with van der Waals surface area (Å²) in [5.74, 6) is 0. The van der Waals surface area contributed by atoms with Crippen molar-refractivity contribution in [1.29, 1.82) is 0 Å². The highest BCUT2D eigenvalue weighted by molar-refractivity contribution is 7.94. The van der Waals surface area contributed by atoms with Gasteiger partial charge in [0, 0.05) is 11.0 Å². The van der Waals surface area contributed by atoms with Gasteiger partial charge in [0.25, 0.3) is 0 Å². The molecular formula is C16H14O3S. The largest absolute Gasteiger partial charge is 0.298 e. The van der Waals surface area contributed by atoms with Crippen LogP contribution in [0.5, 0.6) is 0 Å². The zero-order valence-corrected chi connectivity index (χ0v) is 11.8. The summed E-state index contributed by atoms with van der Waals surface area (Å²) >= 11 is 0. The van der Waals surface area contributed by atoms with Gasteiger partial charge in [0.1, 0.15) is 6.29 Å². The summed E-state index contributed by atoms with van der Waals surface area (Å²) < 4.78 is 24.2. The molecule has 2 aromatic carbocycles. The number of aryl methyl sites for hydroxylation is 1. The Balaban J connectivity index is 2.24. The lowest BCUT2D eigenvalue weighted by Gasteiger charge is -2.00. The maximum atomic E-state index is 12.1. The summed E-state index contributed by atoms with van der Waals surface area (Å²) in [5.41, 5.74) is 2.30. The van der Waals surface area contributed by atoms with Gasteiger partial charge in [-0.2, -0.15) is 0 Å². The summed E-state index contributed by atoms with van der Waals surface area (Å²) in [7, 11) is -3.44. The Morgan fingerprint density at radius 3 is 1.95 bits per heavy atom. The molecule has 3 nitrogen and oxygen atoms in total. The molecule has 0 bridgehead atoms. The second kappa shape index (κ2) is 5.84. The lowest BCUT2D eigenvalue weighted by atomic mass is 10.1. The van der Waals surface area contributed by atoms with Gasteiger partial charge in [-0.15, -0.1) is 0 Å². The third kappa shape index (κ3) is 3.42. The maximum absolute atomic E-state index is 12.1. The molecule has 2 rings (SSSR count). The average molecular weight is 286 g/mol. The van der Waals surface area contributed by atoms with E-state index in [2.05, 4.69) is 0 Å². The zero-order valence-electron chi connectivity index (χ0n) is 11.0. The van der Waals surface area contributed by atoms with Crippen LogP contribution < -0.4 is 0 Å². The fourth-order valence-corrected chi connectivity index (χ4v) is 2.67. The van der Waals surface area contributed by atoms with Crippen molar-refractivity contribution in [3.8, 4) is 0 Å². The molecule has 0 heterocycles. The van der Waals surface area contributed by atoms with Gasteiger partial charge in [0.15, 0.2) is 9.84 Å². The second-order valence-electron chi connectivity index (χ2n) is 4.45. The number of sulfone groups is 1. The van der Waals surface area contributed by atoms with Crippen LogP contribution in [0.1, 0.15) is 21.5 Å².